The molecule has 27 heavy (non-hydrogen) atoms. The molecule has 3 heterocycles. The molecule has 0 unspecified atom stereocenters. The lowest BCUT2D eigenvalue weighted by molar-refractivity contribution is 0.0951. The maximum absolute atomic E-state index is 12.6. The summed E-state index contributed by atoms with van der Waals surface area (Å²) in [5, 5.41) is 7.35. The summed E-state index contributed by atoms with van der Waals surface area (Å²) in [6, 6.07) is 14.9. The van der Waals surface area contributed by atoms with Crippen LogP contribution in [0, 0.1) is 0 Å². The van der Waals surface area contributed by atoms with E-state index in [1.807, 2.05) is 54.2 Å². The molecule has 0 spiro atoms. The van der Waals surface area contributed by atoms with Crippen molar-refractivity contribution >= 4 is 33.3 Å². The highest BCUT2D eigenvalue weighted by atomic mass is 79.9. The van der Waals surface area contributed by atoms with Gasteiger partial charge in [-0.1, -0.05) is 34.1 Å². The average molecular weight is 425 g/mol. The smallest absolute Gasteiger partial charge is 0.251 e. The van der Waals surface area contributed by atoms with Gasteiger partial charge >= 0.3 is 0 Å². The van der Waals surface area contributed by atoms with Crippen molar-refractivity contribution < 1.29 is 4.79 Å². The molecule has 0 radical (unpaired) electrons. The number of hydrogen-bond acceptors (Lipinski definition) is 4. The second-order valence-electron chi connectivity index (χ2n) is 6.15. The van der Waals surface area contributed by atoms with E-state index in [1.54, 1.807) is 12.1 Å². The minimum absolute atomic E-state index is 0.219. The van der Waals surface area contributed by atoms with Crippen LogP contribution in [-0.2, 0) is 13.6 Å². The summed E-state index contributed by atoms with van der Waals surface area (Å²) in [6.45, 7) is 0.409. The number of halogens is 1. The number of benzene rings is 1. The number of nitrogens with one attached hydrogen (secondary N) is 1. The molecular weight excluding hydrogens is 408 g/mol. The predicted molar refractivity (Wildman–Crippen MR) is 107 cm³/mol. The number of carbonyl (C=O) groups excluding carboxylic acids is 1. The first-order chi connectivity index (χ1) is 13.0. The number of hydrogen-bond donors (Lipinski definition) is 2. The Morgan fingerprint density at radius 1 is 1.22 bits per heavy atom. The summed E-state index contributed by atoms with van der Waals surface area (Å²) in [6.07, 6.45) is 1.92. The molecule has 0 fully saturated rings. The van der Waals surface area contributed by atoms with E-state index in [2.05, 4.69) is 31.3 Å². The van der Waals surface area contributed by atoms with Crippen molar-refractivity contribution in [3.63, 3.8) is 0 Å². The standard InChI is InChI=1S/C19H17BrN6O/c1-25-8-4-7-15(25)18-23-17-10-13(9-16(21)26(17)24-18)19(27)22-11-12-5-2-3-6-14(12)20/h2-10H,11,21H2,1H3,(H,22,27). The molecule has 1 amide bonds. The Labute approximate surface area is 164 Å². The van der Waals surface area contributed by atoms with E-state index in [1.165, 1.54) is 4.52 Å². The Morgan fingerprint density at radius 3 is 2.78 bits per heavy atom. The van der Waals surface area contributed by atoms with Gasteiger partial charge < -0.3 is 15.6 Å². The Balaban J connectivity index is 1.61. The normalized spacial score (nSPS) is 11.0. The SMILES string of the molecule is Cn1cccc1-c1nc2cc(C(=O)NCc3ccccc3Br)cc(N)n2n1. The van der Waals surface area contributed by atoms with E-state index < -0.39 is 0 Å². The fourth-order valence-electron chi connectivity index (χ4n) is 2.86. The minimum atomic E-state index is -0.219. The Bertz CT molecular complexity index is 1150. The largest absolute Gasteiger partial charge is 0.384 e. The second kappa shape index (κ2) is 6.88. The number of amides is 1. The van der Waals surface area contributed by atoms with Crippen LogP contribution in [0.25, 0.3) is 17.2 Å². The summed E-state index contributed by atoms with van der Waals surface area (Å²) in [5.74, 6) is 0.690. The molecule has 0 bridgehead atoms. The number of nitrogens with two attached hydrogens (primary N) is 1. The third-order valence-electron chi connectivity index (χ3n) is 4.30. The van der Waals surface area contributed by atoms with Gasteiger partial charge in [0.25, 0.3) is 5.91 Å². The van der Waals surface area contributed by atoms with Crippen molar-refractivity contribution in [2.45, 2.75) is 6.54 Å². The first-order valence-corrected chi connectivity index (χ1v) is 9.12. The Kier molecular flexibility index (Phi) is 4.41. The third kappa shape index (κ3) is 3.31. The molecule has 3 N–H and O–H groups in total. The molecule has 136 valence electrons. The van der Waals surface area contributed by atoms with Crippen LogP contribution in [0.3, 0.4) is 0 Å². The maximum Gasteiger partial charge on any atom is 0.251 e. The molecule has 7 nitrogen and oxygen atoms in total. The molecule has 0 aliphatic heterocycles. The summed E-state index contributed by atoms with van der Waals surface area (Å²) in [4.78, 5) is 17.1. The van der Waals surface area contributed by atoms with Gasteiger partial charge in [0.2, 0.25) is 0 Å². The first-order valence-electron chi connectivity index (χ1n) is 8.32. The number of rotatable bonds is 4. The van der Waals surface area contributed by atoms with E-state index in [9.17, 15) is 4.79 Å². The Morgan fingerprint density at radius 2 is 2.04 bits per heavy atom. The van der Waals surface area contributed by atoms with Crippen molar-refractivity contribution in [2.24, 2.45) is 7.05 Å². The van der Waals surface area contributed by atoms with Crippen molar-refractivity contribution in [1.82, 2.24) is 24.5 Å². The van der Waals surface area contributed by atoms with Crippen molar-refractivity contribution in [2.75, 3.05) is 5.73 Å². The van der Waals surface area contributed by atoms with Crippen LogP contribution in [0.2, 0.25) is 0 Å². The van der Waals surface area contributed by atoms with Gasteiger partial charge in [-0.2, -0.15) is 4.52 Å². The molecule has 4 rings (SSSR count). The molecule has 8 heteroatoms. The molecule has 1 aromatic carbocycles. The number of pyridine rings is 1. The zero-order valence-electron chi connectivity index (χ0n) is 14.6. The number of nitrogen functional groups attached to an aromatic ring is 1. The molecule has 0 aliphatic rings. The van der Waals surface area contributed by atoms with Crippen LogP contribution in [0.1, 0.15) is 15.9 Å². The fourth-order valence-corrected chi connectivity index (χ4v) is 3.29. The fraction of sp³-hybridized carbons (Fsp3) is 0.105. The van der Waals surface area contributed by atoms with Crippen molar-refractivity contribution in [3.05, 3.63) is 70.3 Å². The summed E-state index contributed by atoms with van der Waals surface area (Å²) in [5.41, 5.74) is 8.93. The van der Waals surface area contributed by atoms with Crippen molar-refractivity contribution in [1.29, 1.82) is 0 Å². The van der Waals surface area contributed by atoms with Gasteiger partial charge in [0.05, 0.1) is 5.69 Å². The summed E-state index contributed by atoms with van der Waals surface area (Å²) < 4.78 is 4.41. The lowest BCUT2D eigenvalue weighted by atomic mass is 10.2. The number of anilines is 1. The van der Waals surface area contributed by atoms with Gasteiger partial charge in [-0.25, -0.2) is 4.98 Å². The minimum Gasteiger partial charge on any atom is -0.384 e. The predicted octanol–water partition coefficient (Wildman–Crippen LogP) is 3.01. The number of carbonyl (C=O) groups is 1. The lowest BCUT2D eigenvalue weighted by Crippen LogP contribution is -2.23. The second-order valence-corrected chi connectivity index (χ2v) is 7.01. The molecule has 0 atom stereocenters. The highest BCUT2D eigenvalue weighted by Gasteiger charge is 2.14. The van der Waals surface area contributed by atoms with Crippen LogP contribution in [0.4, 0.5) is 5.82 Å². The summed E-state index contributed by atoms with van der Waals surface area (Å²) >= 11 is 3.48. The molecule has 0 saturated carbocycles. The van der Waals surface area contributed by atoms with Gasteiger partial charge in [0, 0.05) is 29.8 Å². The highest BCUT2D eigenvalue weighted by molar-refractivity contribution is 9.10. The van der Waals surface area contributed by atoms with Gasteiger partial charge in [0.15, 0.2) is 11.5 Å². The number of fused-ring (bicyclic) bond motifs is 1. The van der Waals surface area contributed by atoms with Gasteiger partial charge in [-0.15, -0.1) is 5.10 Å². The Hall–Kier alpha value is -3.13. The van der Waals surface area contributed by atoms with E-state index in [0.717, 1.165) is 15.7 Å². The van der Waals surface area contributed by atoms with E-state index in [4.69, 9.17) is 5.73 Å². The van der Waals surface area contributed by atoms with Gasteiger partial charge in [-0.05, 0) is 35.9 Å². The molecule has 3 aromatic heterocycles. The van der Waals surface area contributed by atoms with Crippen LogP contribution < -0.4 is 11.1 Å². The lowest BCUT2D eigenvalue weighted by Gasteiger charge is -2.08. The zero-order chi connectivity index (χ0) is 19.0. The van der Waals surface area contributed by atoms with E-state index >= 15 is 0 Å². The van der Waals surface area contributed by atoms with Gasteiger partial charge in [-0.3, -0.25) is 4.79 Å². The number of nitrogens with zero attached hydrogens (tertiary/aromatic N) is 4. The van der Waals surface area contributed by atoms with Crippen molar-refractivity contribution in [3.8, 4) is 11.5 Å². The number of aromatic nitrogens is 4. The molecule has 4 aromatic rings. The number of aryl methyl sites for hydroxylation is 1. The average Bonchev–Trinajstić information content (AvgIpc) is 3.26. The quantitative estimate of drug-likeness (QED) is 0.526. The first kappa shape index (κ1) is 17.3. The molecular formula is C19H17BrN6O. The summed E-state index contributed by atoms with van der Waals surface area (Å²) in [7, 11) is 1.92. The van der Waals surface area contributed by atoms with Crippen LogP contribution >= 0.6 is 15.9 Å². The van der Waals surface area contributed by atoms with Crippen LogP contribution in [0.5, 0.6) is 0 Å². The third-order valence-corrected chi connectivity index (χ3v) is 5.07. The topological polar surface area (TPSA) is 90.2 Å². The molecule has 0 saturated heterocycles. The highest BCUT2D eigenvalue weighted by Crippen LogP contribution is 2.20. The van der Waals surface area contributed by atoms with Gasteiger partial charge in [0.1, 0.15) is 5.82 Å². The molecule has 0 aliphatic carbocycles. The monoisotopic (exact) mass is 424 g/mol. The van der Waals surface area contributed by atoms with Crippen LogP contribution in [-0.4, -0.2) is 25.1 Å². The van der Waals surface area contributed by atoms with E-state index in [-0.39, 0.29) is 5.91 Å². The maximum atomic E-state index is 12.6. The zero-order valence-corrected chi connectivity index (χ0v) is 16.1. The van der Waals surface area contributed by atoms with E-state index in [0.29, 0.717) is 29.4 Å². The van der Waals surface area contributed by atoms with Crippen LogP contribution in [0.15, 0.2) is 59.2 Å².